The topological polar surface area (TPSA) is 130 Å². The Balaban J connectivity index is 2.08. The van der Waals surface area contributed by atoms with E-state index >= 15 is 0 Å². The lowest BCUT2D eigenvalue weighted by Gasteiger charge is -2.33. The van der Waals surface area contributed by atoms with Crippen LogP contribution in [0, 0.1) is 10.1 Å². The average molecular weight is 636 g/mol. The fourth-order valence-corrected chi connectivity index (χ4v) is 6.22. The predicted molar refractivity (Wildman–Crippen MR) is 163 cm³/mol. The molecule has 3 aromatic rings. The van der Waals surface area contributed by atoms with Crippen LogP contribution in [0.1, 0.15) is 38.7 Å². The van der Waals surface area contributed by atoms with Crippen molar-refractivity contribution in [1.29, 1.82) is 0 Å². The van der Waals surface area contributed by atoms with E-state index in [9.17, 15) is 28.1 Å². The summed E-state index contributed by atoms with van der Waals surface area (Å²) in [6, 6.07) is 16.3. The SMILES string of the molecule is CCCCNC(=O)[C@H](CC)N(Cc1c(Cl)cccc1Cl)C(=O)CN(c1ccc([N+](=O)[O-])cc1)S(=O)(=O)c1ccccc1. The molecule has 0 aliphatic carbocycles. The molecular formula is C29H32Cl2N4O6S. The number of anilines is 1. The normalized spacial score (nSPS) is 11.9. The Hall–Kier alpha value is -3.67. The predicted octanol–water partition coefficient (Wildman–Crippen LogP) is 5.82. The van der Waals surface area contributed by atoms with Crippen molar-refractivity contribution in [2.24, 2.45) is 0 Å². The number of nitrogens with zero attached hydrogens (tertiary/aromatic N) is 3. The van der Waals surface area contributed by atoms with Gasteiger partial charge >= 0.3 is 0 Å². The van der Waals surface area contributed by atoms with Gasteiger partial charge in [0.1, 0.15) is 12.6 Å². The molecule has 0 unspecified atom stereocenters. The lowest BCUT2D eigenvalue weighted by atomic mass is 10.1. The van der Waals surface area contributed by atoms with Gasteiger partial charge in [0.05, 0.1) is 15.5 Å². The van der Waals surface area contributed by atoms with Crippen LogP contribution in [0.25, 0.3) is 0 Å². The number of hydrogen-bond acceptors (Lipinski definition) is 6. The third kappa shape index (κ3) is 7.99. The molecule has 3 aromatic carbocycles. The minimum absolute atomic E-state index is 0.0361. The number of non-ortho nitro benzene ring substituents is 1. The molecule has 0 aromatic heterocycles. The molecule has 0 aliphatic rings. The maximum atomic E-state index is 14.1. The maximum absolute atomic E-state index is 14.1. The fourth-order valence-electron chi connectivity index (χ4n) is 4.27. The van der Waals surface area contributed by atoms with Gasteiger partial charge in [-0.15, -0.1) is 0 Å². The molecule has 42 heavy (non-hydrogen) atoms. The Morgan fingerprint density at radius 2 is 1.57 bits per heavy atom. The molecule has 10 nitrogen and oxygen atoms in total. The quantitative estimate of drug-likeness (QED) is 0.135. The molecule has 0 bridgehead atoms. The van der Waals surface area contributed by atoms with Gasteiger partial charge in [0.2, 0.25) is 11.8 Å². The van der Waals surface area contributed by atoms with Gasteiger partial charge in [0.15, 0.2) is 0 Å². The standard InChI is InChI=1S/C29H32Cl2N4O6S/c1-3-5-18-32-29(37)27(4-2)33(19-24-25(30)12-9-13-26(24)31)28(36)20-34(21-14-16-22(17-15-21)35(38)39)42(40,41)23-10-7-6-8-11-23/h6-17,27H,3-5,18-20H2,1-2H3,(H,32,37)/t27-/m0/s1. The van der Waals surface area contributed by atoms with Crippen LogP contribution in [-0.4, -0.2) is 49.2 Å². The zero-order valence-corrected chi connectivity index (χ0v) is 25.5. The van der Waals surface area contributed by atoms with Crippen LogP contribution in [0.5, 0.6) is 0 Å². The second-order valence-electron chi connectivity index (χ2n) is 9.39. The summed E-state index contributed by atoms with van der Waals surface area (Å²) >= 11 is 12.8. The van der Waals surface area contributed by atoms with Gasteiger partial charge in [0, 0.05) is 40.8 Å². The first-order chi connectivity index (χ1) is 20.0. The Morgan fingerprint density at radius 3 is 2.12 bits per heavy atom. The Kier molecular flexibility index (Phi) is 11.7. The Bertz CT molecular complexity index is 1480. The van der Waals surface area contributed by atoms with Gasteiger partial charge in [0.25, 0.3) is 15.7 Å². The second-order valence-corrected chi connectivity index (χ2v) is 12.1. The van der Waals surface area contributed by atoms with Crippen molar-refractivity contribution >= 4 is 56.4 Å². The van der Waals surface area contributed by atoms with Crippen molar-refractivity contribution in [2.75, 3.05) is 17.4 Å². The molecule has 0 spiro atoms. The highest BCUT2D eigenvalue weighted by molar-refractivity contribution is 7.92. The molecule has 224 valence electrons. The van der Waals surface area contributed by atoms with Crippen LogP contribution in [0.15, 0.2) is 77.7 Å². The molecule has 13 heteroatoms. The fraction of sp³-hybridized carbons (Fsp3) is 0.310. The highest BCUT2D eigenvalue weighted by atomic mass is 35.5. The number of hydrogen-bond donors (Lipinski definition) is 1. The Morgan fingerprint density at radius 1 is 0.952 bits per heavy atom. The van der Waals surface area contributed by atoms with Crippen molar-refractivity contribution < 1.29 is 22.9 Å². The van der Waals surface area contributed by atoms with Crippen molar-refractivity contribution in [1.82, 2.24) is 10.2 Å². The van der Waals surface area contributed by atoms with E-state index in [1.165, 1.54) is 29.2 Å². The van der Waals surface area contributed by atoms with Crippen LogP contribution in [-0.2, 0) is 26.2 Å². The molecule has 0 fully saturated rings. The highest BCUT2D eigenvalue weighted by Gasteiger charge is 2.34. The summed E-state index contributed by atoms with van der Waals surface area (Å²) in [5, 5.41) is 14.6. The highest BCUT2D eigenvalue weighted by Crippen LogP contribution is 2.29. The number of nitro groups is 1. The maximum Gasteiger partial charge on any atom is 0.269 e. The minimum Gasteiger partial charge on any atom is -0.354 e. The number of benzene rings is 3. The van der Waals surface area contributed by atoms with E-state index in [0.29, 0.717) is 12.1 Å². The van der Waals surface area contributed by atoms with Gasteiger partial charge < -0.3 is 10.2 Å². The molecule has 2 amide bonds. The third-order valence-electron chi connectivity index (χ3n) is 6.56. The van der Waals surface area contributed by atoms with Crippen LogP contribution in [0.2, 0.25) is 10.0 Å². The summed E-state index contributed by atoms with van der Waals surface area (Å²) in [5.74, 6) is -1.09. The summed E-state index contributed by atoms with van der Waals surface area (Å²) < 4.78 is 28.5. The van der Waals surface area contributed by atoms with Crippen LogP contribution in [0.4, 0.5) is 11.4 Å². The molecule has 1 N–H and O–H groups in total. The zero-order chi connectivity index (χ0) is 30.9. The second kappa shape index (κ2) is 15.0. The molecule has 1 atom stereocenters. The summed E-state index contributed by atoms with van der Waals surface area (Å²) in [6.07, 6.45) is 1.83. The van der Waals surface area contributed by atoms with Crippen molar-refractivity contribution in [3.05, 3.63) is 98.5 Å². The monoisotopic (exact) mass is 634 g/mol. The molecule has 0 radical (unpaired) electrons. The average Bonchev–Trinajstić information content (AvgIpc) is 2.97. The van der Waals surface area contributed by atoms with E-state index in [4.69, 9.17) is 23.2 Å². The summed E-state index contributed by atoms with van der Waals surface area (Å²) in [5.41, 5.74) is 0.197. The molecule has 0 aliphatic heterocycles. The molecular weight excluding hydrogens is 603 g/mol. The number of sulfonamides is 1. The first-order valence-electron chi connectivity index (χ1n) is 13.3. The lowest BCUT2D eigenvalue weighted by molar-refractivity contribution is -0.384. The van der Waals surface area contributed by atoms with E-state index in [1.54, 1.807) is 43.3 Å². The number of unbranched alkanes of at least 4 members (excludes halogenated alkanes) is 1. The molecule has 0 saturated heterocycles. The lowest BCUT2D eigenvalue weighted by Crippen LogP contribution is -2.52. The number of halogens is 2. The number of nitrogens with one attached hydrogen (secondary N) is 1. The van der Waals surface area contributed by atoms with E-state index < -0.39 is 39.3 Å². The van der Waals surface area contributed by atoms with Crippen LogP contribution >= 0.6 is 23.2 Å². The Labute approximate surface area is 255 Å². The van der Waals surface area contributed by atoms with E-state index in [-0.39, 0.29) is 39.3 Å². The van der Waals surface area contributed by atoms with Gasteiger partial charge in [-0.2, -0.15) is 0 Å². The summed E-state index contributed by atoms with van der Waals surface area (Å²) in [6.45, 7) is 3.29. The first kappa shape index (κ1) is 32.8. The molecule has 0 saturated carbocycles. The number of rotatable bonds is 14. The van der Waals surface area contributed by atoms with E-state index in [0.717, 1.165) is 29.3 Å². The summed E-state index contributed by atoms with van der Waals surface area (Å²) in [7, 11) is -4.31. The van der Waals surface area contributed by atoms with Gasteiger partial charge in [-0.05, 0) is 49.2 Å². The van der Waals surface area contributed by atoms with Gasteiger partial charge in [-0.3, -0.25) is 24.0 Å². The number of nitro benzene ring substituents is 1. The van der Waals surface area contributed by atoms with E-state index in [2.05, 4.69) is 5.32 Å². The van der Waals surface area contributed by atoms with Gasteiger partial charge in [-0.25, -0.2) is 8.42 Å². The first-order valence-corrected chi connectivity index (χ1v) is 15.5. The number of amides is 2. The van der Waals surface area contributed by atoms with Crippen molar-refractivity contribution in [3.63, 3.8) is 0 Å². The molecule has 0 heterocycles. The third-order valence-corrected chi connectivity index (χ3v) is 9.06. The largest absolute Gasteiger partial charge is 0.354 e. The zero-order valence-electron chi connectivity index (χ0n) is 23.2. The smallest absolute Gasteiger partial charge is 0.269 e. The molecule has 3 rings (SSSR count). The summed E-state index contributed by atoms with van der Waals surface area (Å²) in [4.78, 5) is 39.1. The number of carbonyl (C=O) groups excluding carboxylic acids is 2. The van der Waals surface area contributed by atoms with Crippen LogP contribution < -0.4 is 9.62 Å². The van der Waals surface area contributed by atoms with Gasteiger partial charge in [-0.1, -0.05) is 67.7 Å². The number of carbonyl (C=O) groups is 2. The van der Waals surface area contributed by atoms with E-state index in [1.807, 2.05) is 6.92 Å². The van der Waals surface area contributed by atoms with Crippen molar-refractivity contribution in [3.8, 4) is 0 Å². The van der Waals surface area contributed by atoms with Crippen molar-refractivity contribution in [2.45, 2.75) is 50.6 Å². The van der Waals surface area contributed by atoms with Crippen LogP contribution in [0.3, 0.4) is 0 Å². The minimum atomic E-state index is -4.31.